The molecular formula is C18H21ClN2O4S. The first-order valence-corrected chi connectivity index (χ1v) is 10.1. The molecule has 0 aliphatic heterocycles. The highest BCUT2D eigenvalue weighted by atomic mass is 35.5. The van der Waals surface area contributed by atoms with Crippen molar-refractivity contribution >= 4 is 38.9 Å². The van der Waals surface area contributed by atoms with Gasteiger partial charge in [0.1, 0.15) is 11.8 Å². The van der Waals surface area contributed by atoms with Crippen LogP contribution in [0.2, 0.25) is 5.02 Å². The van der Waals surface area contributed by atoms with Gasteiger partial charge in [-0.25, -0.2) is 8.42 Å². The molecule has 0 spiro atoms. The van der Waals surface area contributed by atoms with Gasteiger partial charge < -0.3 is 10.1 Å². The molecule has 140 valence electrons. The van der Waals surface area contributed by atoms with Gasteiger partial charge in [-0.15, -0.1) is 0 Å². The Hall–Kier alpha value is -2.25. The Kier molecular flexibility index (Phi) is 6.15. The average molecular weight is 397 g/mol. The molecule has 6 nitrogen and oxygen atoms in total. The largest absolute Gasteiger partial charge is 0.495 e. The molecule has 1 amide bonds. The molecule has 0 fully saturated rings. The summed E-state index contributed by atoms with van der Waals surface area (Å²) in [6.45, 7) is 3.42. The number of carbonyl (C=O) groups is 1. The highest BCUT2D eigenvalue weighted by Gasteiger charge is 2.29. The Balaban J connectivity index is 2.34. The molecule has 2 aromatic carbocycles. The van der Waals surface area contributed by atoms with Gasteiger partial charge in [-0.2, -0.15) is 0 Å². The fourth-order valence-electron chi connectivity index (χ4n) is 2.52. The van der Waals surface area contributed by atoms with Crippen LogP contribution < -0.4 is 14.4 Å². The molecule has 1 atom stereocenters. The van der Waals surface area contributed by atoms with Gasteiger partial charge in [0, 0.05) is 5.02 Å². The van der Waals surface area contributed by atoms with Gasteiger partial charge in [0.05, 0.1) is 24.7 Å². The molecule has 8 heteroatoms. The number of halogens is 1. The molecule has 0 aliphatic rings. The molecule has 2 rings (SSSR count). The zero-order valence-corrected chi connectivity index (χ0v) is 16.6. The lowest BCUT2D eigenvalue weighted by atomic mass is 10.2. The molecule has 0 radical (unpaired) electrons. The van der Waals surface area contributed by atoms with Crippen molar-refractivity contribution in [3.05, 3.63) is 53.1 Å². The van der Waals surface area contributed by atoms with Crippen LogP contribution in [0, 0.1) is 6.92 Å². The summed E-state index contributed by atoms with van der Waals surface area (Å²) in [6.07, 6.45) is 1.07. The molecule has 2 aromatic rings. The van der Waals surface area contributed by atoms with E-state index in [1.165, 1.54) is 14.0 Å². The summed E-state index contributed by atoms with van der Waals surface area (Å²) in [5.74, 6) is -0.0761. The summed E-state index contributed by atoms with van der Waals surface area (Å²) in [5, 5.41) is 3.10. The van der Waals surface area contributed by atoms with E-state index in [0.29, 0.717) is 22.1 Å². The van der Waals surface area contributed by atoms with E-state index in [1.807, 2.05) is 6.92 Å². The van der Waals surface area contributed by atoms with Crippen LogP contribution in [-0.2, 0) is 14.8 Å². The number of nitrogens with one attached hydrogen (secondary N) is 1. The molecule has 26 heavy (non-hydrogen) atoms. The Morgan fingerprint density at radius 3 is 2.35 bits per heavy atom. The van der Waals surface area contributed by atoms with Gasteiger partial charge in [0.2, 0.25) is 15.9 Å². The fourth-order valence-corrected chi connectivity index (χ4v) is 3.86. The molecule has 0 unspecified atom stereocenters. The van der Waals surface area contributed by atoms with Crippen molar-refractivity contribution in [2.24, 2.45) is 0 Å². The minimum absolute atomic E-state index is 0.370. The SMILES string of the molecule is COc1ccc(Cl)cc1NC(=O)[C@H](C)N(c1ccc(C)cc1)S(C)(=O)=O. The summed E-state index contributed by atoms with van der Waals surface area (Å²) in [6, 6.07) is 10.7. The second-order valence-electron chi connectivity index (χ2n) is 5.90. The van der Waals surface area contributed by atoms with Crippen molar-refractivity contribution in [1.82, 2.24) is 0 Å². The van der Waals surface area contributed by atoms with Crippen molar-refractivity contribution in [1.29, 1.82) is 0 Å². The van der Waals surface area contributed by atoms with Crippen LogP contribution in [0.15, 0.2) is 42.5 Å². The lowest BCUT2D eigenvalue weighted by Gasteiger charge is -2.28. The normalized spacial score (nSPS) is 12.3. The first-order valence-electron chi connectivity index (χ1n) is 7.84. The predicted octanol–water partition coefficient (Wildman–Crippen LogP) is 3.45. The van der Waals surface area contributed by atoms with Crippen LogP contribution in [0.3, 0.4) is 0 Å². The fraction of sp³-hybridized carbons (Fsp3) is 0.278. The lowest BCUT2D eigenvalue weighted by molar-refractivity contribution is -0.116. The predicted molar refractivity (Wildman–Crippen MR) is 105 cm³/mol. The molecule has 0 saturated carbocycles. The Morgan fingerprint density at radius 1 is 1.19 bits per heavy atom. The number of aryl methyl sites for hydroxylation is 1. The highest BCUT2D eigenvalue weighted by Crippen LogP contribution is 2.29. The third-order valence-electron chi connectivity index (χ3n) is 3.80. The topological polar surface area (TPSA) is 75.7 Å². The van der Waals surface area contributed by atoms with Crippen molar-refractivity contribution in [3.63, 3.8) is 0 Å². The zero-order chi connectivity index (χ0) is 19.5. The monoisotopic (exact) mass is 396 g/mol. The van der Waals surface area contributed by atoms with E-state index in [-0.39, 0.29) is 0 Å². The van der Waals surface area contributed by atoms with Crippen LogP contribution >= 0.6 is 11.6 Å². The second kappa shape index (κ2) is 7.97. The standard InChI is InChI=1S/C18H21ClN2O4S/c1-12-5-8-15(9-6-12)21(26(4,23)24)13(2)18(22)20-16-11-14(19)7-10-17(16)25-3/h5-11,13H,1-4H3,(H,20,22)/t13-/m0/s1. The van der Waals surface area contributed by atoms with E-state index >= 15 is 0 Å². The number of anilines is 2. The van der Waals surface area contributed by atoms with Gasteiger partial charge >= 0.3 is 0 Å². The van der Waals surface area contributed by atoms with Crippen molar-refractivity contribution < 1.29 is 17.9 Å². The summed E-state index contributed by atoms with van der Waals surface area (Å²) in [5.41, 5.74) is 1.77. The van der Waals surface area contributed by atoms with Crippen LogP contribution in [-0.4, -0.2) is 33.7 Å². The second-order valence-corrected chi connectivity index (χ2v) is 8.20. The van der Waals surface area contributed by atoms with Crippen LogP contribution in [0.4, 0.5) is 11.4 Å². The lowest BCUT2D eigenvalue weighted by Crippen LogP contribution is -2.45. The molecule has 0 bridgehead atoms. The smallest absolute Gasteiger partial charge is 0.248 e. The van der Waals surface area contributed by atoms with Crippen LogP contribution in [0.25, 0.3) is 0 Å². The first kappa shape index (κ1) is 20.1. The molecule has 0 saturated heterocycles. The molecule has 1 N–H and O–H groups in total. The van der Waals surface area contributed by atoms with Crippen LogP contribution in [0.5, 0.6) is 5.75 Å². The quantitative estimate of drug-likeness (QED) is 0.811. The first-order chi connectivity index (χ1) is 12.1. The molecule has 0 heterocycles. The van der Waals surface area contributed by atoms with Crippen molar-refractivity contribution in [2.45, 2.75) is 19.9 Å². The van der Waals surface area contributed by atoms with E-state index in [2.05, 4.69) is 5.32 Å². The third-order valence-corrected chi connectivity index (χ3v) is 5.27. The maximum atomic E-state index is 12.7. The summed E-state index contributed by atoms with van der Waals surface area (Å²) < 4.78 is 30.9. The average Bonchev–Trinajstić information content (AvgIpc) is 2.55. The highest BCUT2D eigenvalue weighted by molar-refractivity contribution is 7.92. The Labute approximate surface area is 158 Å². The Bertz CT molecular complexity index is 898. The number of methoxy groups -OCH3 is 1. The van der Waals surface area contributed by atoms with Gasteiger partial charge in [-0.05, 0) is 44.2 Å². The van der Waals surface area contributed by atoms with Crippen molar-refractivity contribution in [2.75, 3.05) is 23.0 Å². The van der Waals surface area contributed by atoms with E-state index in [9.17, 15) is 13.2 Å². The number of rotatable bonds is 6. The van der Waals surface area contributed by atoms with E-state index in [0.717, 1.165) is 16.1 Å². The summed E-state index contributed by atoms with van der Waals surface area (Å²) in [7, 11) is -2.21. The Morgan fingerprint density at radius 2 is 1.81 bits per heavy atom. The van der Waals surface area contributed by atoms with E-state index < -0.39 is 22.0 Å². The van der Waals surface area contributed by atoms with Gasteiger partial charge in [-0.3, -0.25) is 9.10 Å². The van der Waals surface area contributed by atoms with E-state index in [1.54, 1.807) is 42.5 Å². The number of amides is 1. The number of hydrogen-bond acceptors (Lipinski definition) is 4. The maximum Gasteiger partial charge on any atom is 0.248 e. The number of benzene rings is 2. The molecular weight excluding hydrogens is 376 g/mol. The van der Waals surface area contributed by atoms with Gasteiger partial charge in [0.15, 0.2) is 0 Å². The number of sulfonamides is 1. The third kappa shape index (κ3) is 4.68. The van der Waals surface area contributed by atoms with Gasteiger partial charge in [-0.1, -0.05) is 29.3 Å². The minimum atomic E-state index is -3.68. The zero-order valence-electron chi connectivity index (χ0n) is 15.0. The molecule has 0 aliphatic carbocycles. The number of ether oxygens (including phenoxy) is 1. The number of nitrogens with zero attached hydrogens (tertiary/aromatic N) is 1. The number of hydrogen-bond donors (Lipinski definition) is 1. The number of carbonyl (C=O) groups excluding carboxylic acids is 1. The molecule has 0 aromatic heterocycles. The van der Waals surface area contributed by atoms with Crippen LogP contribution in [0.1, 0.15) is 12.5 Å². The van der Waals surface area contributed by atoms with E-state index in [4.69, 9.17) is 16.3 Å². The maximum absolute atomic E-state index is 12.7. The van der Waals surface area contributed by atoms with Gasteiger partial charge in [0.25, 0.3) is 0 Å². The summed E-state index contributed by atoms with van der Waals surface area (Å²) >= 11 is 5.97. The van der Waals surface area contributed by atoms with Crippen molar-refractivity contribution in [3.8, 4) is 5.75 Å². The minimum Gasteiger partial charge on any atom is -0.495 e. The summed E-state index contributed by atoms with van der Waals surface area (Å²) in [4.78, 5) is 12.7.